The van der Waals surface area contributed by atoms with E-state index in [1.165, 1.54) is 0 Å². The maximum Gasteiger partial charge on any atom is 0.122 e. The van der Waals surface area contributed by atoms with Crippen molar-refractivity contribution in [2.45, 2.75) is 60.8 Å². The van der Waals surface area contributed by atoms with Crippen LogP contribution in [0.2, 0.25) is 0 Å². The van der Waals surface area contributed by atoms with Crippen LogP contribution in [0.3, 0.4) is 0 Å². The number of phenolic OH excluding ortho intramolecular Hbond substituents is 4. The standard InChI is InChI=1S/C33H36O4/c1-18-7-26(15-24-11-20(3)30(34)21(4)12-24)32(36)28(9-18)17-29-10-19(2)8-27(33(29)37)16-25-13-22(5)31(35)23(6)14-25/h7-14,34-37H,15-17H2,1-6H3. The summed E-state index contributed by atoms with van der Waals surface area (Å²) in [6.45, 7) is 11.5. The van der Waals surface area contributed by atoms with E-state index in [0.717, 1.165) is 66.8 Å². The maximum absolute atomic E-state index is 11.2. The van der Waals surface area contributed by atoms with Crippen LogP contribution in [-0.2, 0) is 19.3 Å². The normalized spacial score (nSPS) is 11.2. The van der Waals surface area contributed by atoms with Gasteiger partial charge < -0.3 is 20.4 Å². The van der Waals surface area contributed by atoms with E-state index in [4.69, 9.17) is 0 Å². The average molecular weight is 497 g/mol. The fraction of sp³-hybridized carbons (Fsp3) is 0.273. The molecule has 0 spiro atoms. The lowest BCUT2D eigenvalue weighted by molar-refractivity contribution is 0.456. The molecule has 4 nitrogen and oxygen atoms in total. The molecule has 0 heterocycles. The van der Waals surface area contributed by atoms with Gasteiger partial charge in [0.05, 0.1) is 0 Å². The van der Waals surface area contributed by atoms with Crippen LogP contribution in [0, 0.1) is 41.5 Å². The van der Waals surface area contributed by atoms with E-state index in [-0.39, 0.29) is 11.5 Å². The highest BCUT2D eigenvalue weighted by molar-refractivity contribution is 5.53. The minimum absolute atomic E-state index is 0.237. The van der Waals surface area contributed by atoms with Crippen molar-refractivity contribution in [1.82, 2.24) is 0 Å². The molecule has 0 fully saturated rings. The summed E-state index contributed by atoms with van der Waals surface area (Å²) in [6.07, 6.45) is 1.50. The lowest BCUT2D eigenvalue weighted by atomic mass is 9.91. The van der Waals surface area contributed by atoms with Gasteiger partial charge >= 0.3 is 0 Å². The Labute approximate surface area is 219 Å². The first-order chi connectivity index (χ1) is 17.4. The Morgan fingerprint density at radius 2 is 0.649 bits per heavy atom. The molecule has 4 heteroatoms. The number of benzene rings is 4. The fourth-order valence-corrected chi connectivity index (χ4v) is 5.35. The van der Waals surface area contributed by atoms with Crippen molar-refractivity contribution in [3.05, 3.63) is 115 Å². The van der Waals surface area contributed by atoms with Gasteiger partial charge in [0.25, 0.3) is 0 Å². The third-order valence-corrected chi connectivity index (χ3v) is 7.10. The molecule has 0 saturated heterocycles. The maximum atomic E-state index is 11.2. The number of aromatic hydroxyl groups is 4. The minimum atomic E-state index is 0.237. The van der Waals surface area contributed by atoms with Gasteiger partial charge in [0, 0.05) is 19.3 Å². The molecular formula is C33H36O4. The fourth-order valence-electron chi connectivity index (χ4n) is 5.35. The molecule has 4 N–H and O–H groups in total. The molecule has 0 aromatic heterocycles. The quantitative estimate of drug-likeness (QED) is 0.229. The zero-order valence-corrected chi connectivity index (χ0v) is 22.5. The van der Waals surface area contributed by atoms with Gasteiger partial charge in [0.1, 0.15) is 23.0 Å². The highest BCUT2D eigenvalue weighted by Gasteiger charge is 2.16. The van der Waals surface area contributed by atoms with Crippen LogP contribution in [-0.4, -0.2) is 20.4 Å². The number of phenols is 4. The largest absolute Gasteiger partial charge is 0.507 e. The minimum Gasteiger partial charge on any atom is -0.507 e. The molecule has 192 valence electrons. The Morgan fingerprint density at radius 3 is 0.946 bits per heavy atom. The molecule has 4 aromatic carbocycles. The summed E-state index contributed by atoms with van der Waals surface area (Å²) in [5.74, 6) is 1.09. The molecule has 0 saturated carbocycles. The van der Waals surface area contributed by atoms with Gasteiger partial charge in [-0.25, -0.2) is 0 Å². The molecule has 4 aromatic rings. The van der Waals surface area contributed by atoms with Crippen molar-refractivity contribution in [2.75, 3.05) is 0 Å². The molecule has 37 heavy (non-hydrogen) atoms. The SMILES string of the molecule is Cc1cc(Cc2cc(C)c(O)c(C)c2)c(O)c(Cc2cc(C)cc(Cc3cc(C)c(O)c(C)c3)c2O)c1. The molecule has 0 atom stereocenters. The van der Waals surface area contributed by atoms with Crippen molar-refractivity contribution in [3.8, 4) is 23.0 Å². The van der Waals surface area contributed by atoms with Crippen molar-refractivity contribution >= 4 is 0 Å². The molecular weight excluding hydrogens is 460 g/mol. The number of hydrogen-bond acceptors (Lipinski definition) is 4. The van der Waals surface area contributed by atoms with Crippen LogP contribution >= 0.6 is 0 Å². The van der Waals surface area contributed by atoms with Gasteiger partial charge in [0.15, 0.2) is 0 Å². The van der Waals surface area contributed by atoms with E-state index in [9.17, 15) is 20.4 Å². The molecule has 4 rings (SSSR count). The second kappa shape index (κ2) is 10.2. The second-order valence-corrected chi connectivity index (χ2v) is 10.6. The summed E-state index contributed by atoms with van der Waals surface area (Å²) in [5, 5.41) is 42.7. The molecule has 0 aliphatic rings. The highest BCUT2D eigenvalue weighted by atomic mass is 16.3. The van der Waals surface area contributed by atoms with Gasteiger partial charge in [-0.2, -0.15) is 0 Å². The zero-order chi connectivity index (χ0) is 27.0. The Morgan fingerprint density at radius 1 is 0.378 bits per heavy atom. The van der Waals surface area contributed by atoms with E-state index >= 15 is 0 Å². The van der Waals surface area contributed by atoms with Crippen LogP contribution < -0.4 is 0 Å². The molecule has 0 aliphatic heterocycles. The number of hydrogen-bond donors (Lipinski definition) is 4. The summed E-state index contributed by atoms with van der Waals surface area (Å²) < 4.78 is 0. The van der Waals surface area contributed by atoms with Gasteiger partial charge in [-0.1, -0.05) is 59.7 Å². The predicted molar refractivity (Wildman–Crippen MR) is 149 cm³/mol. The lowest BCUT2D eigenvalue weighted by Gasteiger charge is -2.16. The molecule has 0 bridgehead atoms. The summed E-state index contributed by atoms with van der Waals surface area (Å²) in [6, 6.07) is 15.7. The summed E-state index contributed by atoms with van der Waals surface area (Å²) in [7, 11) is 0. The molecule has 0 aliphatic carbocycles. The Bertz CT molecular complexity index is 1340. The monoisotopic (exact) mass is 496 g/mol. The van der Waals surface area contributed by atoms with Crippen molar-refractivity contribution in [3.63, 3.8) is 0 Å². The van der Waals surface area contributed by atoms with Crippen molar-refractivity contribution in [1.29, 1.82) is 0 Å². The van der Waals surface area contributed by atoms with Crippen LogP contribution in [0.1, 0.15) is 66.8 Å². The predicted octanol–water partition coefficient (Wildman–Crippen LogP) is 7.13. The number of rotatable bonds is 6. The summed E-state index contributed by atoms with van der Waals surface area (Å²) in [5.41, 5.74) is 10.6. The molecule has 0 unspecified atom stereocenters. The highest BCUT2D eigenvalue weighted by Crippen LogP contribution is 2.35. The Balaban J connectivity index is 1.67. The third-order valence-electron chi connectivity index (χ3n) is 7.10. The van der Waals surface area contributed by atoms with E-state index in [0.29, 0.717) is 30.8 Å². The van der Waals surface area contributed by atoms with Crippen molar-refractivity contribution in [2.24, 2.45) is 0 Å². The molecule has 0 amide bonds. The Kier molecular flexibility index (Phi) is 7.22. The lowest BCUT2D eigenvalue weighted by Crippen LogP contribution is -2.00. The van der Waals surface area contributed by atoms with Gasteiger partial charge in [-0.05, 0) is 97.2 Å². The van der Waals surface area contributed by atoms with E-state index in [2.05, 4.69) is 0 Å². The van der Waals surface area contributed by atoms with Gasteiger partial charge in [-0.3, -0.25) is 0 Å². The van der Waals surface area contributed by atoms with Crippen LogP contribution in [0.15, 0.2) is 48.5 Å². The van der Waals surface area contributed by atoms with Crippen molar-refractivity contribution < 1.29 is 20.4 Å². The zero-order valence-electron chi connectivity index (χ0n) is 22.5. The van der Waals surface area contributed by atoms with Gasteiger partial charge in [0.2, 0.25) is 0 Å². The topological polar surface area (TPSA) is 80.9 Å². The summed E-state index contributed by atoms with van der Waals surface area (Å²) >= 11 is 0. The third kappa shape index (κ3) is 5.59. The Hall–Kier alpha value is -3.92. The van der Waals surface area contributed by atoms with Gasteiger partial charge in [-0.15, -0.1) is 0 Å². The van der Waals surface area contributed by atoms with E-state index in [1.54, 1.807) is 0 Å². The first kappa shape index (κ1) is 26.2. The summed E-state index contributed by atoms with van der Waals surface area (Å²) in [4.78, 5) is 0. The van der Waals surface area contributed by atoms with E-state index in [1.807, 2.05) is 90.1 Å². The average Bonchev–Trinajstić information content (AvgIpc) is 2.81. The number of aryl methyl sites for hydroxylation is 6. The first-order valence-electron chi connectivity index (χ1n) is 12.6. The van der Waals surface area contributed by atoms with Crippen LogP contribution in [0.4, 0.5) is 0 Å². The van der Waals surface area contributed by atoms with Crippen LogP contribution in [0.5, 0.6) is 23.0 Å². The van der Waals surface area contributed by atoms with E-state index < -0.39 is 0 Å². The van der Waals surface area contributed by atoms with Crippen LogP contribution in [0.25, 0.3) is 0 Å². The second-order valence-electron chi connectivity index (χ2n) is 10.6. The first-order valence-corrected chi connectivity index (χ1v) is 12.6. The smallest absolute Gasteiger partial charge is 0.122 e. The molecule has 0 radical (unpaired) electrons.